The summed E-state index contributed by atoms with van der Waals surface area (Å²) in [6.07, 6.45) is 0.193. The van der Waals surface area contributed by atoms with E-state index in [1.807, 2.05) is 11.0 Å². The summed E-state index contributed by atoms with van der Waals surface area (Å²) < 4.78 is 38.7. The van der Waals surface area contributed by atoms with E-state index in [0.717, 1.165) is 32.1 Å². The monoisotopic (exact) mass is 408 g/mol. The quantitative estimate of drug-likeness (QED) is 0.787. The van der Waals surface area contributed by atoms with Gasteiger partial charge in [-0.05, 0) is 37.8 Å². The standard InChI is InChI=1S/C18H19F3N6S/c19-18(20,21)14-24-13(10-28-14)11-5-4-6-12(9-11)27-16(23)25-15(22)26-17(27)7-2-1-3-8-17/h4-6,9-10H,1-3,7-8H2,(H4,22,23,25,26). The zero-order valence-corrected chi connectivity index (χ0v) is 15.7. The summed E-state index contributed by atoms with van der Waals surface area (Å²) in [5.74, 6) is 0.391. The first-order chi connectivity index (χ1) is 13.3. The van der Waals surface area contributed by atoms with Crippen LogP contribution in [0, 0.1) is 0 Å². The normalized spacial score (nSPS) is 19.5. The van der Waals surface area contributed by atoms with E-state index < -0.39 is 16.8 Å². The van der Waals surface area contributed by atoms with E-state index in [9.17, 15) is 13.2 Å². The molecular formula is C18H19F3N6S. The number of alkyl halides is 3. The van der Waals surface area contributed by atoms with Gasteiger partial charge in [0.2, 0.25) is 11.9 Å². The highest BCUT2D eigenvalue weighted by molar-refractivity contribution is 7.10. The van der Waals surface area contributed by atoms with Gasteiger partial charge >= 0.3 is 6.18 Å². The van der Waals surface area contributed by atoms with Crippen LogP contribution >= 0.6 is 11.3 Å². The van der Waals surface area contributed by atoms with Gasteiger partial charge in [-0.15, -0.1) is 11.3 Å². The number of nitrogens with two attached hydrogens (primary N) is 2. The number of hydrogen-bond acceptors (Lipinski definition) is 7. The van der Waals surface area contributed by atoms with Gasteiger partial charge in [0.05, 0.1) is 5.69 Å². The number of guanidine groups is 2. The van der Waals surface area contributed by atoms with Gasteiger partial charge in [0.15, 0.2) is 5.01 Å². The molecular weight excluding hydrogens is 389 g/mol. The molecule has 0 bridgehead atoms. The summed E-state index contributed by atoms with van der Waals surface area (Å²) in [4.78, 5) is 14.3. The van der Waals surface area contributed by atoms with Crippen molar-refractivity contribution in [3.63, 3.8) is 0 Å². The second-order valence-corrected chi connectivity index (χ2v) is 7.76. The molecule has 4 N–H and O–H groups in total. The van der Waals surface area contributed by atoms with Crippen LogP contribution in [-0.2, 0) is 6.18 Å². The molecule has 1 aromatic carbocycles. The Balaban J connectivity index is 1.74. The summed E-state index contributed by atoms with van der Waals surface area (Å²) in [6, 6.07) is 7.10. The Morgan fingerprint density at radius 3 is 2.54 bits per heavy atom. The van der Waals surface area contributed by atoms with Gasteiger partial charge in [0.1, 0.15) is 5.66 Å². The molecule has 1 spiro atoms. The average molecular weight is 408 g/mol. The van der Waals surface area contributed by atoms with Gasteiger partial charge in [-0.25, -0.2) is 9.98 Å². The van der Waals surface area contributed by atoms with Gasteiger partial charge in [-0.1, -0.05) is 18.6 Å². The third-order valence-electron chi connectivity index (χ3n) is 5.00. The summed E-state index contributed by atoms with van der Waals surface area (Å²) >= 11 is 0.579. The van der Waals surface area contributed by atoms with Gasteiger partial charge < -0.3 is 11.5 Å². The Morgan fingerprint density at radius 2 is 1.86 bits per heavy atom. The van der Waals surface area contributed by atoms with Crippen molar-refractivity contribution in [3.8, 4) is 11.3 Å². The van der Waals surface area contributed by atoms with E-state index in [1.54, 1.807) is 18.2 Å². The van der Waals surface area contributed by atoms with Crippen LogP contribution in [0.2, 0.25) is 0 Å². The van der Waals surface area contributed by atoms with E-state index >= 15 is 0 Å². The zero-order valence-electron chi connectivity index (χ0n) is 14.9. The van der Waals surface area contributed by atoms with Crippen LogP contribution in [-0.4, -0.2) is 22.6 Å². The van der Waals surface area contributed by atoms with Crippen LogP contribution in [0.3, 0.4) is 0 Å². The van der Waals surface area contributed by atoms with E-state index in [1.165, 1.54) is 5.38 Å². The Bertz CT molecular complexity index is 943. The molecule has 0 saturated heterocycles. The van der Waals surface area contributed by atoms with E-state index in [-0.39, 0.29) is 17.6 Å². The van der Waals surface area contributed by atoms with E-state index in [2.05, 4.69) is 15.0 Å². The fraction of sp³-hybridized carbons (Fsp3) is 0.389. The lowest BCUT2D eigenvalue weighted by atomic mass is 9.87. The smallest absolute Gasteiger partial charge is 0.369 e. The largest absolute Gasteiger partial charge is 0.443 e. The highest BCUT2D eigenvalue weighted by Gasteiger charge is 2.42. The van der Waals surface area contributed by atoms with Crippen LogP contribution < -0.4 is 16.4 Å². The van der Waals surface area contributed by atoms with Gasteiger partial charge in [0, 0.05) is 16.6 Å². The summed E-state index contributed by atoms with van der Waals surface area (Å²) in [6.45, 7) is 0. The molecule has 28 heavy (non-hydrogen) atoms. The first kappa shape index (κ1) is 18.7. The van der Waals surface area contributed by atoms with Crippen molar-refractivity contribution in [1.82, 2.24) is 4.98 Å². The zero-order chi connectivity index (χ0) is 19.9. The highest BCUT2D eigenvalue weighted by Crippen LogP contribution is 2.41. The third kappa shape index (κ3) is 3.32. The molecule has 1 aliphatic heterocycles. The third-order valence-corrected chi connectivity index (χ3v) is 5.89. The lowest BCUT2D eigenvalue weighted by Gasteiger charge is -2.45. The lowest BCUT2D eigenvalue weighted by molar-refractivity contribution is -0.137. The molecule has 2 aliphatic rings. The molecule has 0 radical (unpaired) electrons. The van der Waals surface area contributed by atoms with E-state index in [4.69, 9.17) is 11.5 Å². The fourth-order valence-electron chi connectivity index (χ4n) is 3.84. The Labute approximate surface area is 163 Å². The molecule has 0 amide bonds. The van der Waals surface area contributed by atoms with Crippen molar-refractivity contribution in [3.05, 3.63) is 34.7 Å². The molecule has 1 aliphatic carbocycles. The SMILES string of the molecule is NC1=NC2(CCCCC2)N(c2cccc(-c3csc(C(F)(F)F)n3)c2)C(N)=N1. The first-order valence-electron chi connectivity index (χ1n) is 8.91. The molecule has 1 aromatic heterocycles. The summed E-state index contributed by atoms with van der Waals surface area (Å²) in [5, 5.41) is 0.537. The molecule has 4 rings (SSSR count). The van der Waals surface area contributed by atoms with Gasteiger partial charge in [-0.3, -0.25) is 4.90 Å². The number of aliphatic imine (C=N–C) groups is 2. The molecule has 1 saturated carbocycles. The average Bonchev–Trinajstić information content (AvgIpc) is 3.12. The second kappa shape index (κ2) is 6.77. The van der Waals surface area contributed by atoms with Gasteiger partial charge in [0.25, 0.3) is 0 Å². The van der Waals surface area contributed by atoms with E-state index in [0.29, 0.717) is 22.6 Å². The number of rotatable bonds is 2. The highest BCUT2D eigenvalue weighted by atomic mass is 32.1. The maximum atomic E-state index is 12.9. The lowest BCUT2D eigenvalue weighted by Crippen LogP contribution is -2.58. The second-order valence-electron chi connectivity index (χ2n) is 6.90. The van der Waals surface area contributed by atoms with Crippen LogP contribution in [0.25, 0.3) is 11.3 Å². The Morgan fingerprint density at radius 1 is 1.11 bits per heavy atom. The first-order valence-corrected chi connectivity index (χ1v) is 9.79. The molecule has 148 valence electrons. The van der Waals surface area contributed by atoms with Crippen molar-refractivity contribution < 1.29 is 13.2 Å². The molecule has 2 aromatic rings. The predicted octanol–water partition coefficient (Wildman–Crippen LogP) is 3.94. The van der Waals surface area contributed by atoms with Gasteiger partial charge in [-0.2, -0.15) is 18.2 Å². The van der Waals surface area contributed by atoms with Crippen molar-refractivity contribution >= 4 is 28.9 Å². The Kier molecular flexibility index (Phi) is 4.53. The molecule has 6 nitrogen and oxygen atoms in total. The minimum absolute atomic E-state index is 0.154. The van der Waals surface area contributed by atoms with Crippen LogP contribution in [0.15, 0.2) is 39.6 Å². The number of hydrogen-bond donors (Lipinski definition) is 2. The van der Waals surface area contributed by atoms with Crippen molar-refractivity contribution in [2.24, 2.45) is 21.5 Å². The summed E-state index contributed by atoms with van der Waals surface area (Å²) in [5.41, 5.74) is 13.0. The van der Waals surface area contributed by atoms with Crippen LogP contribution in [0.4, 0.5) is 18.9 Å². The molecule has 10 heteroatoms. The number of nitrogens with zero attached hydrogens (tertiary/aromatic N) is 4. The number of halogens is 3. The minimum atomic E-state index is -4.46. The molecule has 1 fully saturated rings. The number of anilines is 1. The maximum absolute atomic E-state index is 12.9. The predicted molar refractivity (Wildman–Crippen MR) is 104 cm³/mol. The van der Waals surface area contributed by atoms with Crippen molar-refractivity contribution in [2.45, 2.75) is 43.9 Å². The maximum Gasteiger partial charge on any atom is 0.443 e. The van der Waals surface area contributed by atoms with Crippen LogP contribution in [0.1, 0.15) is 37.1 Å². The molecule has 2 heterocycles. The van der Waals surface area contributed by atoms with Crippen molar-refractivity contribution in [2.75, 3.05) is 4.90 Å². The molecule has 0 unspecified atom stereocenters. The summed E-state index contributed by atoms with van der Waals surface area (Å²) in [7, 11) is 0. The van der Waals surface area contributed by atoms with Crippen molar-refractivity contribution in [1.29, 1.82) is 0 Å². The minimum Gasteiger partial charge on any atom is -0.369 e. The fourth-order valence-corrected chi connectivity index (χ4v) is 4.53. The molecule has 0 atom stereocenters. The number of thiazole rings is 1. The topological polar surface area (TPSA) is 92.9 Å². The van der Waals surface area contributed by atoms with Crippen LogP contribution in [0.5, 0.6) is 0 Å². The number of aromatic nitrogens is 1. The number of benzene rings is 1. The Hall–Kier alpha value is -2.62.